The smallest absolute Gasteiger partial charge is 0.550 e. The van der Waals surface area contributed by atoms with Crippen LogP contribution in [0.3, 0.4) is 0 Å². The number of aliphatic carboxylic acids is 8. The van der Waals surface area contributed by atoms with Gasteiger partial charge in [-0.1, -0.05) is 0 Å². The van der Waals surface area contributed by atoms with E-state index in [9.17, 15) is 58.8 Å². The molecule has 12 N–H and O–H groups in total. The van der Waals surface area contributed by atoms with Crippen molar-refractivity contribution in [3.8, 4) is 0 Å². The van der Waals surface area contributed by atoms with Gasteiger partial charge in [0.1, 0.15) is 24.2 Å². The number of hydrogen-bond donors (Lipinski definition) is 8. The van der Waals surface area contributed by atoms with Crippen molar-refractivity contribution in [2.24, 2.45) is 22.9 Å². The van der Waals surface area contributed by atoms with Gasteiger partial charge in [-0.25, -0.2) is 0 Å². The standard InChI is InChI=1S/4C4H7NO4.2Mg/c4*5-2(4(8)9)1-3(6)7;;/h4*2H,1,5H2,(H,6,7)(H,8,9);;/q;;;;2*+2/p-4/t4*2-;;/m0000../s1. The summed E-state index contributed by atoms with van der Waals surface area (Å²) in [5.74, 6) is -11.2. The maximum absolute atomic E-state index is 9.82. The summed E-state index contributed by atoms with van der Waals surface area (Å²) in [6.45, 7) is 0. The van der Waals surface area contributed by atoms with Gasteiger partial charge in [-0.3, -0.25) is 19.2 Å². The molecule has 0 aromatic heterocycles. The number of carbonyl (C=O) groups excluding carboxylic acids is 4. The van der Waals surface area contributed by atoms with E-state index >= 15 is 0 Å². The van der Waals surface area contributed by atoms with Gasteiger partial charge in [0.25, 0.3) is 0 Å². The average Bonchev–Trinajstić information content (AvgIpc) is 2.67. The number of nitrogens with two attached hydrogens (primary N) is 4. The molecule has 0 aliphatic heterocycles. The third kappa shape index (κ3) is 40.3. The molecule has 0 saturated carbocycles. The van der Waals surface area contributed by atoms with Crippen molar-refractivity contribution in [2.45, 2.75) is 49.9 Å². The molecule has 0 aliphatic rings. The molecule has 0 radical (unpaired) electrons. The van der Waals surface area contributed by atoms with Crippen LogP contribution in [0.15, 0.2) is 0 Å². The van der Waals surface area contributed by atoms with Crippen molar-refractivity contribution >= 4 is 93.9 Å². The van der Waals surface area contributed by atoms with Crippen LogP contribution in [0.25, 0.3) is 0 Å². The second kappa shape index (κ2) is 27.2. The molecule has 22 heteroatoms. The van der Waals surface area contributed by atoms with E-state index in [4.69, 9.17) is 43.4 Å². The molecule has 20 nitrogen and oxygen atoms in total. The van der Waals surface area contributed by atoms with Crippen LogP contribution in [0.2, 0.25) is 0 Å². The third-order valence-corrected chi connectivity index (χ3v) is 2.82. The summed E-state index contributed by atoms with van der Waals surface area (Å²) < 4.78 is 0. The minimum Gasteiger partial charge on any atom is -0.550 e. The van der Waals surface area contributed by atoms with E-state index in [-0.39, 0.29) is 46.1 Å². The minimum atomic E-state index is -1.45. The van der Waals surface area contributed by atoms with Gasteiger partial charge in [-0.05, 0) is 0 Å². The van der Waals surface area contributed by atoms with E-state index in [0.29, 0.717) is 0 Å². The molecule has 0 fully saturated rings. The Balaban J connectivity index is -0.0000000883. The number of carboxylic acid groups (broad SMARTS) is 8. The predicted octanol–water partition coefficient (Wildman–Crippen LogP) is -10.6. The van der Waals surface area contributed by atoms with E-state index in [1.165, 1.54) is 0 Å². The Morgan fingerprint density at radius 3 is 0.553 bits per heavy atom. The number of carboxylic acids is 8. The molecule has 0 unspecified atom stereocenters. The second-order valence-corrected chi connectivity index (χ2v) is 6.08. The van der Waals surface area contributed by atoms with Gasteiger partial charge in [0, 0.05) is 49.6 Å². The Morgan fingerprint density at radius 1 is 0.421 bits per heavy atom. The Kier molecular flexibility index (Phi) is 34.5. The van der Waals surface area contributed by atoms with Gasteiger partial charge >= 0.3 is 70.0 Å². The molecule has 0 bridgehead atoms. The monoisotopic (exact) mass is 576 g/mol. The number of rotatable bonds is 12. The molecule has 0 aliphatic carbocycles. The zero-order chi connectivity index (χ0) is 29.8. The Morgan fingerprint density at radius 2 is 0.526 bits per heavy atom. The van der Waals surface area contributed by atoms with E-state index in [1.54, 1.807) is 0 Å². The molecule has 208 valence electrons. The van der Waals surface area contributed by atoms with Crippen molar-refractivity contribution in [1.29, 1.82) is 0 Å². The summed E-state index contributed by atoms with van der Waals surface area (Å²) in [7, 11) is 0. The first-order valence-electron chi connectivity index (χ1n) is 8.88. The van der Waals surface area contributed by atoms with Gasteiger partial charge < -0.3 is 83.0 Å². The largest absolute Gasteiger partial charge is 2.00 e. The first-order valence-corrected chi connectivity index (χ1v) is 8.88. The average molecular weight is 577 g/mol. The van der Waals surface area contributed by atoms with E-state index in [1.807, 2.05) is 0 Å². The summed E-state index contributed by atoms with van der Waals surface area (Å²) in [5.41, 5.74) is 19.2. The SMILES string of the molecule is N[C@@H](CC(=O)[O-])C(=O)O.N[C@@H](CC(=O)[O-])C(=O)O.N[C@@H](CC(=O)[O-])C(=O)O.N[C@@H](CC(=O)[O-])C(=O)O.[Mg+2].[Mg+2]. The normalized spacial score (nSPS) is 11.9. The Labute approximate surface area is 245 Å². The molecule has 4 atom stereocenters. The molecular weight excluding hydrogens is 553 g/mol. The van der Waals surface area contributed by atoms with Crippen LogP contribution in [-0.4, -0.2) is 138 Å². The zero-order valence-corrected chi connectivity index (χ0v) is 22.4. The van der Waals surface area contributed by atoms with E-state index in [2.05, 4.69) is 0 Å². The topological polar surface area (TPSA) is 414 Å². The van der Waals surface area contributed by atoms with Gasteiger partial charge in [-0.15, -0.1) is 0 Å². The second-order valence-electron chi connectivity index (χ2n) is 6.08. The first kappa shape index (κ1) is 48.2. The van der Waals surface area contributed by atoms with E-state index < -0.39 is 97.6 Å². The van der Waals surface area contributed by atoms with Crippen LogP contribution in [0.4, 0.5) is 0 Å². The van der Waals surface area contributed by atoms with Crippen LogP contribution >= 0.6 is 0 Å². The molecule has 0 aromatic carbocycles. The first-order chi connectivity index (χ1) is 16.1. The van der Waals surface area contributed by atoms with Crippen LogP contribution < -0.4 is 43.4 Å². The van der Waals surface area contributed by atoms with Crippen molar-refractivity contribution in [3.63, 3.8) is 0 Å². The quantitative estimate of drug-likeness (QED) is 0.0998. The zero-order valence-electron chi connectivity index (χ0n) is 19.5. The predicted molar refractivity (Wildman–Crippen MR) is 112 cm³/mol. The molecule has 0 heterocycles. The third-order valence-electron chi connectivity index (χ3n) is 2.82. The molecular formula is C16H24Mg2N4O16. The van der Waals surface area contributed by atoms with Gasteiger partial charge in [-0.2, -0.15) is 0 Å². The summed E-state index contributed by atoms with van der Waals surface area (Å²) in [4.78, 5) is 77.9. The van der Waals surface area contributed by atoms with Gasteiger partial charge in [0.2, 0.25) is 0 Å². The molecule has 0 aromatic rings. The Bertz CT molecular complexity index is 669. The van der Waals surface area contributed by atoms with Crippen molar-refractivity contribution in [2.75, 3.05) is 0 Å². The molecule has 0 amide bonds. The molecule has 0 rings (SSSR count). The molecule has 0 saturated heterocycles. The van der Waals surface area contributed by atoms with Crippen LogP contribution in [0.1, 0.15) is 25.7 Å². The van der Waals surface area contributed by atoms with Crippen LogP contribution in [0.5, 0.6) is 0 Å². The fourth-order valence-corrected chi connectivity index (χ4v) is 1.07. The number of hydrogen-bond acceptors (Lipinski definition) is 16. The number of carbonyl (C=O) groups is 8. The van der Waals surface area contributed by atoms with E-state index in [0.717, 1.165) is 0 Å². The van der Waals surface area contributed by atoms with Crippen molar-refractivity contribution < 1.29 is 79.2 Å². The maximum Gasteiger partial charge on any atom is 2.00 e. The molecule has 38 heavy (non-hydrogen) atoms. The summed E-state index contributed by atoms with van der Waals surface area (Å²) in [6, 6.07) is -5.41. The summed E-state index contributed by atoms with van der Waals surface area (Å²) in [5, 5.41) is 70.7. The van der Waals surface area contributed by atoms with Crippen molar-refractivity contribution in [1.82, 2.24) is 0 Å². The minimum absolute atomic E-state index is 0. The molecule has 0 spiro atoms. The fourth-order valence-electron chi connectivity index (χ4n) is 1.07. The summed E-state index contributed by atoms with van der Waals surface area (Å²) >= 11 is 0. The maximum atomic E-state index is 9.82. The van der Waals surface area contributed by atoms with Crippen LogP contribution in [-0.2, 0) is 38.4 Å². The Hall–Kier alpha value is -2.87. The van der Waals surface area contributed by atoms with Gasteiger partial charge in [0.05, 0.1) is 0 Å². The fraction of sp³-hybridized carbons (Fsp3) is 0.500. The van der Waals surface area contributed by atoms with Crippen LogP contribution in [0, 0.1) is 0 Å². The van der Waals surface area contributed by atoms with Gasteiger partial charge in [0.15, 0.2) is 0 Å². The summed E-state index contributed by atoms with van der Waals surface area (Å²) in [6.07, 6.45) is -2.57. The van der Waals surface area contributed by atoms with Crippen molar-refractivity contribution in [3.05, 3.63) is 0 Å².